The molecule has 2 rings (SSSR count). The summed E-state index contributed by atoms with van der Waals surface area (Å²) in [6.07, 6.45) is 1.01. The van der Waals surface area contributed by atoms with E-state index in [1.165, 1.54) is 26.8 Å². The molecule has 0 aliphatic carbocycles. The molecule has 1 saturated heterocycles. The molecule has 0 spiro atoms. The quantitative estimate of drug-likeness (QED) is 0.291. The largest absolute Gasteiger partial charge is 0.507 e. The molecule has 1 aromatic rings. The van der Waals surface area contributed by atoms with E-state index in [1.807, 2.05) is 0 Å². The second kappa shape index (κ2) is 5.14. The van der Waals surface area contributed by atoms with Gasteiger partial charge in [-0.1, -0.05) is 0 Å². The van der Waals surface area contributed by atoms with E-state index in [2.05, 4.69) is 0 Å². The zero-order valence-electron chi connectivity index (χ0n) is 12.1. The van der Waals surface area contributed by atoms with Gasteiger partial charge < -0.3 is 14.6 Å². The normalized spacial score (nSPS) is 16.8. The first-order valence-electron chi connectivity index (χ1n) is 6.27. The van der Waals surface area contributed by atoms with Crippen molar-refractivity contribution in [2.45, 2.75) is 26.6 Å². The fourth-order valence-corrected chi connectivity index (χ4v) is 1.94. The van der Waals surface area contributed by atoms with Crippen LogP contribution >= 0.6 is 0 Å². The molecule has 0 bridgehead atoms. The number of cyclic esters (lactones) is 2. The molecule has 0 atom stereocenters. The average molecular weight is 307 g/mol. The molecule has 1 aromatic carbocycles. The first-order chi connectivity index (χ1) is 10.1. The van der Waals surface area contributed by atoms with Gasteiger partial charge >= 0.3 is 11.9 Å². The molecule has 0 radical (unpaired) electrons. The standard InChI is InChI=1S/C14H13NO7/c1-7-4-9(15(19)20)5-8(11(7)16)6-10-12(17)21-14(2,3)22-13(10)18/h4-6,16H,1-3H3. The van der Waals surface area contributed by atoms with E-state index in [-0.39, 0.29) is 22.6 Å². The lowest BCUT2D eigenvalue weighted by Crippen LogP contribution is -2.41. The molecular weight excluding hydrogens is 294 g/mol. The van der Waals surface area contributed by atoms with Gasteiger partial charge in [0.15, 0.2) is 0 Å². The van der Waals surface area contributed by atoms with Crippen molar-refractivity contribution in [3.05, 3.63) is 38.9 Å². The van der Waals surface area contributed by atoms with Gasteiger partial charge in [0, 0.05) is 31.5 Å². The van der Waals surface area contributed by atoms with Crippen molar-refractivity contribution >= 4 is 23.7 Å². The molecule has 8 nitrogen and oxygen atoms in total. The fraction of sp³-hybridized carbons (Fsp3) is 0.286. The topological polar surface area (TPSA) is 116 Å². The Balaban J connectivity index is 2.51. The molecule has 1 N–H and O–H groups in total. The Morgan fingerprint density at radius 3 is 2.27 bits per heavy atom. The maximum Gasteiger partial charge on any atom is 0.348 e. The lowest BCUT2D eigenvalue weighted by molar-refractivity contribution is -0.384. The minimum Gasteiger partial charge on any atom is -0.507 e. The minimum atomic E-state index is -1.38. The van der Waals surface area contributed by atoms with Gasteiger partial charge in [0.05, 0.1) is 4.92 Å². The van der Waals surface area contributed by atoms with Crippen molar-refractivity contribution in [3.63, 3.8) is 0 Å². The van der Waals surface area contributed by atoms with Gasteiger partial charge in [-0.3, -0.25) is 10.1 Å². The number of hydrogen-bond acceptors (Lipinski definition) is 7. The van der Waals surface area contributed by atoms with Gasteiger partial charge in [-0.25, -0.2) is 9.59 Å². The third-order valence-electron chi connectivity index (χ3n) is 2.94. The third-order valence-corrected chi connectivity index (χ3v) is 2.94. The van der Waals surface area contributed by atoms with Gasteiger partial charge in [-0.2, -0.15) is 0 Å². The summed E-state index contributed by atoms with van der Waals surface area (Å²) in [5, 5.41) is 20.8. The number of nitrogens with zero attached hydrogens (tertiary/aromatic N) is 1. The Morgan fingerprint density at radius 2 is 1.77 bits per heavy atom. The van der Waals surface area contributed by atoms with Gasteiger partial charge in [0.25, 0.3) is 11.5 Å². The average Bonchev–Trinajstić information content (AvgIpc) is 2.36. The maximum absolute atomic E-state index is 11.8. The highest BCUT2D eigenvalue weighted by Gasteiger charge is 2.39. The predicted octanol–water partition coefficient (Wildman–Crippen LogP) is 1.83. The van der Waals surface area contributed by atoms with Crippen molar-refractivity contribution < 1.29 is 29.1 Å². The molecule has 1 aliphatic heterocycles. The molecule has 0 amide bonds. The highest BCUT2D eigenvalue weighted by molar-refractivity contribution is 6.19. The molecular formula is C14H13NO7. The number of ether oxygens (including phenoxy) is 2. The van der Waals surface area contributed by atoms with Crippen LogP contribution in [-0.4, -0.2) is 27.8 Å². The Labute approximate surface area is 125 Å². The number of benzene rings is 1. The van der Waals surface area contributed by atoms with Gasteiger partial charge in [0.1, 0.15) is 11.3 Å². The summed E-state index contributed by atoms with van der Waals surface area (Å²) in [4.78, 5) is 33.9. The summed E-state index contributed by atoms with van der Waals surface area (Å²) < 4.78 is 9.82. The fourth-order valence-electron chi connectivity index (χ4n) is 1.94. The Hall–Kier alpha value is -2.90. The van der Waals surface area contributed by atoms with Crippen LogP contribution in [0.2, 0.25) is 0 Å². The number of carbonyl (C=O) groups excluding carboxylic acids is 2. The monoisotopic (exact) mass is 307 g/mol. The molecule has 22 heavy (non-hydrogen) atoms. The van der Waals surface area contributed by atoms with Crippen LogP contribution in [0.15, 0.2) is 17.7 Å². The van der Waals surface area contributed by atoms with E-state index in [4.69, 9.17) is 9.47 Å². The van der Waals surface area contributed by atoms with Crippen LogP contribution in [0.5, 0.6) is 5.75 Å². The van der Waals surface area contributed by atoms with E-state index in [9.17, 15) is 24.8 Å². The lowest BCUT2D eigenvalue weighted by atomic mass is 10.0. The van der Waals surface area contributed by atoms with E-state index >= 15 is 0 Å². The summed E-state index contributed by atoms with van der Waals surface area (Å²) in [6, 6.07) is 2.23. The molecule has 1 aliphatic rings. The van der Waals surface area contributed by atoms with Crippen molar-refractivity contribution in [2.75, 3.05) is 0 Å². The van der Waals surface area contributed by atoms with Crippen LogP contribution in [0.25, 0.3) is 6.08 Å². The number of non-ortho nitro benzene ring substituents is 1. The summed E-state index contributed by atoms with van der Waals surface area (Å²) in [5.41, 5.74) is -0.538. The van der Waals surface area contributed by atoms with Crippen LogP contribution < -0.4 is 0 Å². The number of carbonyl (C=O) groups is 2. The number of esters is 2. The van der Waals surface area contributed by atoms with E-state index < -0.39 is 28.2 Å². The van der Waals surface area contributed by atoms with Gasteiger partial charge in [-0.05, 0) is 18.6 Å². The van der Waals surface area contributed by atoms with Crippen molar-refractivity contribution in [2.24, 2.45) is 0 Å². The zero-order valence-corrected chi connectivity index (χ0v) is 12.1. The zero-order chi connectivity index (χ0) is 16.7. The van der Waals surface area contributed by atoms with Crippen LogP contribution in [0.4, 0.5) is 5.69 Å². The number of phenols is 1. The van der Waals surface area contributed by atoms with Gasteiger partial charge in [0.2, 0.25) is 0 Å². The number of phenolic OH excluding ortho intramolecular Hbond substituents is 1. The number of nitro benzene ring substituents is 1. The Morgan fingerprint density at radius 1 is 1.23 bits per heavy atom. The molecule has 8 heteroatoms. The third kappa shape index (κ3) is 2.90. The maximum atomic E-state index is 11.8. The number of aromatic hydroxyl groups is 1. The first kappa shape index (κ1) is 15.5. The summed E-state index contributed by atoms with van der Waals surface area (Å²) in [7, 11) is 0. The minimum absolute atomic E-state index is 0.0460. The smallest absolute Gasteiger partial charge is 0.348 e. The Kier molecular flexibility index (Phi) is 3.62. The van der Waals surface area contributed by atoms with Crippen molar-refractivity contribution in [1.82, 2.24) is 0 Å². The highest BCUT2D eigenvalue weighted by atomic mass is 16.7. The van der Waals surface area contributed by atoms with E-state index in [1.54, 1.807) is 0 Å². The number of aryl methyl sites for hydroxylation is 1. The predicted molar refractivity (Wildman–Crippen MR) is 73.7 cm³/mol. The van der Waals surface area contributed by atoms with Crippen LogP contribution in [0, 0.1) is 17.0 Å². The summed E-state index contributed by atoms with van der Waals surface area (Å²) >= 11 is 0. The Bertz CT molecular complexity index is 696. The number of rotatable bonds is 2. The number of nitro groups is 1. The van der Waals surface area contributed by atoms with Crippen LogP contribution in [-0.2, 0) is 19.1 Å². The summed E-state index contributed by atoms with van der Waals surface area (Å²) in [6.45, 7) is 4.26. The van der Waals surface area contributed by atoms with E-state index in [0.717, 1.165) is 12.1 Å². The lowest BCUT2D eigenvalue weighted by Gasteiger charge is -2.29. The second-order valence-corrected chi connectivity index (χ2v) is 5.19. The highest BCUT2D eigenvalue weighted by Crippen LogP contribution is 2.31. The first-order valence-corrected chi connectivity index (χ1v) is 6.27. The van der Waals surface area contributed by atoms with Crippen molar-refractivity contribution in [1.29, 1.82) is 0 Å². The van der Waals surface area contributed by atoms with Crippen LogP contribution in [0.1, 0.15) is 25.0 Å². The molecule has 0 saturated carbocycles. The second-order valence-electron chi connectivity index (χ2n) is 5.19. The molecule has 0 unspecified atom stereocenters. The number of hydrogen-bond donors (Lipinski definition) is 1. The van der Waals surface area contributed by atoms with Crippen LogP contribution in [0.3, 0.4) is 0 Å². The molecule has 0 aromatic heterocycles. The van der Waals surface area contributed by atoms with Crippen molar-refractivity contribution in [3.8, 4) is 5.75 Å². The van der Waals surface area contributed by atoms with Gasteiger partial charge in [-0.15, -0.1) is 0 Å². The SMILES string of the molecule is Cc1cc([N+](=O)[O-])cc(C=C2C(=O)OC(C)(C)OC2=O)c1O. The van der Waals surface area contributed by atoms with E-state index in [0.29, 0.717) is 0 Å². The molecule has 1 fully saturated rings. The molecule has 116 valence electrons. The molecule has 1 heterocycles. The summed E-state index contributed by atoms with van der Waals surface area (Å²) in [5.74, 6) is -3.51.